The fourth-order valence-electron chi connectivity index (χ4n) is 2.15. The smallest absolute Gasteiger partial charge is 0.250 e. The molecule has 120 valence electrons. The van der Waals surface area contributed by atoms with E-state index in [1.54, 1.807) is 30.2 Å². The molecule has 3 rings (SSSR count). The number of anilines is 1. The number of halogens is 1. The normalized spacial score (nSPS) is 10.9. The zero-order valence-corrected chi connectivity index (χ0v) is 13.7. The van der Waals surface area contributed by atoms with Crippen LogP contribution in [0.15, 0.2) is 60.7 Å². The number of H-pyrrole nitrogens is 1. The van der Waals surface area contributed by atoms with E-state index in [1.807, 2.05) is 42.5 Å². The minimum Gasteiger partial charge on any atom is -0.312 e. The quantitative estimate of drug-likeness (QED) is 0.736. The first-order valence-corrected chi connectivity index (χ1v) is 7.70. The standard InChI is InChI=1S/C18H15ClN4O/c1-23(15-8-3-2-4-9-15)17(24)11-10-16-20-18(22-21-16)13-6-5-7-14(19)12-13/h2-12H,1H3,(H,20,21,22). The number of hydrogen-bond acceptors (Lipinski definition) is 3. The number of nitrogens with zero attached hydrogens (tertiary/aromatic N) is 3. The molecule has 0 aliphatic carbocycles. The van der Waals surface area contributed by atoms with Crippen LogP contribution in [-0.4, -0.2) is 28.1 Å². The second-order valence-electron chi connectivity index (χ2n) is 5.12. The zero-order valence-electron chi connectivity index (χ0n) is 13.0. The summed E-state index contributed by atoms with van der Waals surface area (Å²) in [5, 5.41) is 7.55. The van der Waals surface area contributed by atoms with Crippen LogP contribution in [0.25, 0.3) is 17.5 Å². The number of para-hydroxylation sites is 1. The summed E-state index contributed by atoms with van der Waals surface area (Å²) in [6.45, 7) is 0. The van der Waals surface area contributed by atoms with Crippen molar-refractivity contribution in [2.75, 3.05) is 11.9 Å². The van der Waals surface area contributed by atoms with E-state index in [4.69, 9.17) is 11.6 Å². The summed E-state index contributed by atoms with van der Waals surface area (Å²) in [7, 11) is 1.72. The Balaban J connectivity index is 1.72. The summed E-state index contributed by atoms with van der Waals surface area (Å²) >= 11 is 5.97. The van der Waals surface area contributed by atoms with Gasteiger partial charge >= 0.3 is 0 Å². The maximum Gasteiger partial charge on any atom is 0.250 e. The lowest BCUT2D eigenvalue weighted by Gasteiger charge is -2.14. The van der Waals surface area contributed by atoms with E-state index in [-0.39, 0.29) is 5.91 Å². The molecule has 0 atom stereocenters. The van der Waals surface area contributed by atoms with Crippen LogP contribution in [0.2, 0.25) is 5.02 Å². The van der Waals surface area contributed by atoms with Crippen molar-refractivity contribution in [1.82, 2.24) is 15.2 Å². The summed E-state index contributed by atoms with van der Waals surface area (Å²) in [5.74, 6) is 0.878. The van der Waals surface area contributed by atoms with E-state index in [0.717, 1.165) is 11.3 Å². The number of hydrogen-bond donors (Lipinski definition) is 1. The molecule has 24 heavy (non-hydrogen) atoms. The molecule has 0 saturated carbocycles. The Bertz CT molecular complexity index is 873. The van der Waals surface area contributed by atoms with Crippen LogP contribution in [0.4, 0.5) is 5.69 Å². The van der Waals surface area contributed by atoms with Gasteiger partial charge in [0.1, 0.15) is 5.82 Å². The Labute approximate surface area is 144 Å². The highest BCUT2D eigenvalue weighted by Crippen LogP contribution is 2.19. The minimum absolute atomic E-state index is 0.151. The highest BCUT2D eigenvalue weighted by atomic mass is 35.5. The van der Waals surface area contributed by atoms with E-state index in [1.165, 1.54) is 6.08 Å². The maximum absolute atomic E-state index is 12.2. The molecule has 0 aliphatic heterocycles. The number of carbonyl (C=O) groups excluding carboxylic acids is 1. The Kier molecular flexibility index (Phi) is 4.72. The van der Waals surface area contributed by atoms with Crippen LogP contribution in [-0.2, 0) is 4.79 Å². The molecule has 0 unspecified atom stereocenters. The van der Waals surface area contributed by atoms with E-state index < -0.39 is 0 Å². The minimum atomic E-state index is -0.151. The van der Waals surface area contributed by atoms with Crippen molar-refractivity contribution in [1.29, 1.82) is 0 Å². The van der Waals surface area contributed by atoms with Gasteiger partial charge in [0.25, 0.3) is 5.91 Å². The third-order valence-electron chi connectivity index (χ3n) is 3.44. The van der Waals surface area contributed by atoms with Crippen LogP contribution >= 0.6 is 11.6 Å². The van der Waals surface area contributed by atoms with E-state index in [2.05, 4.69) is 15.2 Å². The Morgan fingerprint density at radius 3 is 2.71 bits per heavy atom. The van der Waals surface area contributed by atoms with Crippen molar-refractivity contribution in [3.8, 4) is 11.4 Å². The molecule has 0 saturated heterocycles. The van der Waals surface area contributed by atoms with Gasteiger partial charge in [-0.3, -0.25) is 9.89 Å². The molecule has 1 heterocycles. The highest BCUT2D eigenvalue weighted by molar-refractivity contribution is 6.30. The van der Waals surface area contributed by atoms with Gasteiger partial charge in [0.15, 0.2) is 5.82 Å². The average molecular weight is 339 g/mol. The lowest BCUT2D eigenvalue weighted by Crippen LogP contribution is -2.23. The average Bonchev–Trinajstić information content (AvgIpc) is 3.09. The fourth-order valence-corrected chi connectivity index (χ4v) is 2.34. The SMILES string of the molecule is CN(C(=O)C=Cc1nc(-c2cccc(Cl)c2)n[nH]1)c1ccccc1. The van der Waals surface area contributed by atoms with Gasteiger partial charge in [0.2, 0.25) is 0 Å². The number of nitrogens with one attached hydrogen (secondary N) is 1. The number of benzene rings is 2. The number of carbonyl (C=O) groups is 1. The second kappa shape index (κ2) is 7.10. The predicted molar refractivity (Wildman–Crippen MR) is 95.7 cm³/mol. The third-order valence-corrected chi connectivity index (χ3v) is 3.68. The second-order valence-corrected chi connectivity index (χ2v) is 5.56. The Morgan fingerprint density at radius 2 is 1.96 bits per heavy atom. The van der Waals surface area contributed by atoms with E-state index >= 15 is 0 Å². The van der Waals surface area contributed by atoms with Gasteiger partial charge in [-0.1, -0.05) is 41.9 Å². The highest BCUT2D eigenvalue weighted by Gasteiger charge is 2.08. The predicted octanol–water partition coefficient (Wildman–Crippen LogP) is 3.80. The molecule has 1 aromatic heterocycles. The molecule has 0 fully saturated rings. The summed E-state index contributed by atoms with van der Waals surface area (Å²) in [4.78, 5) is 18.1. The third kappa shape index (κ3) is 3.70. The molecule has 5 nitrogen and oxygen atoms in total. The molecule has 2 aromatic carbocycles. The summed E-state index contributed by atoms with van der Waals surface area (Å²) < 4.78 is 0. The van der Waals surface area contributed by atoms with Gasteiger partial charge < -0.3 is 4.90 Å². The van der Waals surface area contributed by atoms with E-state index in [9.17, 15) is 4.79 Å². The molecule has 0 bridgehead atoms. The molecule has 6 heteroatoms. The van der Waals surface area contributed by atoms with Crippen LogP contribution in [0.5, 0.6) is 0 Å². The lowest BCUT2D eigenvalue weighted by molar-refractivity contribution is -0.113. The number of aromatic amines is 1. The monoisotopic (exact) mass is 338 g/mol. The van der Waals surface area contributed by atoms with Crippen LogP contribution < -0.4 is 4.90 Å². The van der Waals surface area contributed by atoms with Crippen LogP contribution in [0, 0.1) is 0 Å². The van der Waals surface area contributed by atoms with Crippen LogP contribution in [0.1, 0.15) is 5.82 Å². The molecule has 1 N–H and O–H groups in total. The topological polar surface area (TPSA) is 61.9 Å². The first-order valence-electron chi connectivity index (χ1n) is 7.32. The molecular formula is C18H15ClN4O. The van der Waals surface area contributed by atoms with Crippen molar-refractivity contribution >= 4 is 29.3 Å². The largest absolute Gasteiger partial charge is 0.312 e. The summed E-state index contributed by atoms with van der Waals surface area (Å²) in [6.07, 6.45) is 3.05. The number of amides is 1. The van der Waals surface area contributed by atoms with Gasteiger partial charge in [-0.15, -0.1) is 0 Å². The molecule has 0 radical (unpaired) electrons. The summed E-state index contributed by atoms with van der Waals surface area (Å²) in [5.41, 5.74) is 1.63. The van der Waals surface area contributed by atoms with Crippen LogP contribution in [0.3, 0.4) is 0 Å². The van der Waals surface area contributed by atoms with Gasteiger partial charge in [0, 0.05) is 29.4 Å². The van der Waals surface area contributed by atoms with Crippen molar-refractivity contribution in [2.45, 2.75) is 0 Å². The van der Waals surface area contributed by atoms with Gasteiger partial charge in [-0.05, 0) is 30.3 Å². The number of likely N-dealkylation sites (N-methyl/N-ethyl adjacent to an activating group) is 1. The fraction of sp³-hybridized carbons (Fsp3) is 0.0556. The Hall–Kier alpha value is -2.92. The molecule has 3 aromatic rings. The lowest BCUT2D eigenvalue weighted by atomic mass is 10.2. The van der Waals surface area contributed by atoms with Gasteiger partial charge in [-0.2, -0.15) is 5.10 Å². The molecule has 1 amide bonds. The first-order chi connectivity index (χ1) is 11.6. The first kappa shape index (κ1) is 16.0. The van der Waals surface area contributed by atoms with Crippen molar-refractivity contribution in [3.05, 3.63) is 71.5 Å². The van der Waals surface area contributed by atoms with Crippen molar-refractivity contribution in [3.63, 3.8) is 0 Å². The summed E-state index contributed by atoms with van der Waals surface area (Å²) in [6, 6.07) is 16.7. The molecule has 0 aliphatic rings. The molecular weight excluding hydrogens is 324 g/mol. The Morgan fingerprint density at radius 1 is 1.17 bits per heavy atom. The van der Waals surface area contributed by atoms with Crippen molar-refractivity contribution < 1.29 is 4.79 Å². The van der Waals surface area contributed by atoms with Gasteiger partial charge in [0.05, 0.1) is 0 Å². The van der Waals surface area contributed by atoms with Gasteiger partial charge in [-0.25, -0.2) is 4.98 Å². The zero-order chi connectivity index (χ0) is 16.9. The maximum atomic E-state index is 12.2. The van der Waals surface area contributed by atoms with E-state index in [0.29, 0.717) is 16.7 Å². The number of rotatable bonds is 4. The number of aromatic nitrogens is 3. The van der Waals surface area contributed by atoms with Crippen molar-refractivity contribution in [2.24, 2.45) is 0 Å². The molecule has 0 spiro atoms.